The third-order valence-electron chi connectivity index (χ3n) is 4.95. The number of hydrogen-bond acceptors (Lipinski definition) is 6. The van der Waals surface area contributed by atoms with Crippen LogP contribution in [-0.4, -0.2) is 47.0 Å². The van der Waals surface area contributed by atoms with Crippen LogP contribution in [0.3, 0.4) is 0 Å². The second-order valence-corrected chi connectivity index (χ2v) is 8.50. The average Bonchev–Trinajstić information content (AvgIpc) is 3.38. The summed E-state index contributed by atoms with van der Waals surface area (Å²) in [5.74, 6) is -0.501. The van der Waals surface area contributed by atoms with E-state index >= 15 is 0 Å². The normalized spacial score (nSPS) is 11.2. The molecule has 30 heavy (non-hydrogen) atoms. The van der Waals surface area contributed by atoms with Crippen molar-refractivity contribution in [1.29, 1.82) is 0 Å². The number of fused-ring (bicyclic) bond motifs is 2. The highest BCUT2D eigenvalue weighted by Gasteiger charge is 2.23. The Kier molecular flexibility index (Phi) is 7.36. The van der Waals surface area contributed by atoms with Gasteiger partial charge in [-0.3, -0.25) is 9.69 Å². The van der Waals surface area contributed by atoms with Gasteiger partial charge in [0.2, 0.25) is 0 Å². The van der Waals surface area contributed by atoms with Gasteiger partial charge in [0.15, 0.2) is 5.13 Å². The quantitative estimate of drug-likeness (QED) is 0.364. The Labute approximate surface area is 188 Å². The standard InChI is InChI=1S/C21H21FN4OS2.ClH/c1-3-25(4-2)10-11-26(21-24-19-15(22)6-5-7-17(19)29-21)20(27)14-8-9-16-18(12-14)28-13-23-16;/h5-9,12-13H,3-4,10-11H2,1-2H3;1H. The van der Waals surface area contributed by atoms with Gasteiger partial charge in [-0.2, -0.15) is 0 Å². The number of halogens is 2. The minimum atomic E-state index is -0.368. The first-order valence-electron chi connectivity index (χ1n) is 9.53. The van der Waals surface area contributed by atoms with Gasteiger partial charge in [0.05, 0.1) is 20.4 Å². The van der Waals surface area contributed by atoms with Crippen molar-refractivity contribution in [3.63, 3.8) is 0 Å². The number of aromatic nitrogens is 2. The molecule has 2 aromatic heterocycles. The summed E-state index contributed by atoms with van der Waals surface area (Å²) in [6.07, 6.45) is 0. The summed E-state index contributed by atoms with van der Waals surface area (Å²) in [4.78, 5) is 26.1. The molecule has 0 saturated carbocycles. The van der Waals surface area contributed by atoms with E-state index in [4.69, 9.17) is 0 Å². The summed E-state index contributed by atoms with van der Waals surface area (Å²) >= 11 is 2.85. The number of benzene rings is 2. The van der Waals surface area contributed by atoms with Crippen LogP contribution < -0.4 is 4.90 Å². The van der Waals surface area contributed by atoms with E-state index in [2.05, 4.69) is 28.7 Å². The summed E-state index contributed by atoms with van der Waals surface area (Å²) in [6.45, 7) is 7.21. The SMILES string of the molecule is CCN(CC)CCN(C(=O)c1ccc2ncsc2c1)c1nc2c(F)cccc2s1.Cl. The molecule has 0 unspecified atom stereocenters. The molecule has 0 aliphatic heterocycles. The van der Waals surface area contributed by atoms with Crippen molar-refractivity contribution in [1.82, 2.24) is 14.9 Å². The minimum Gasteiger partial charge on any atom is -0.302 e. The summed E-state index contributed by atoms with van der Waals surface area (Å²) in [6, 6.07) is 10.4. The van der Waals surface area contributed by atoms with Crippen molar-refractivity contribution in [2.45, 2.75) is 13.8 Å². The molecule has 2 aromatic carbocycles. The van der Waals surface area contributed by atoms with Crippen molar-refractivity contribution in [2.75, 3.05) is 31.1 Å². The molecule has 9 heteroatoms. The zero-order valence-electron chi connectivity index (χ0n) is 16.7. The molecule has 0 aliphatic rings. The van der Waals surface area contributed by atoms with Crippen LogP contribution in [0.25, 0.3) is 20.4 Å². The third-order valence-corrected chi connectivity index (χ3v) is 6.78. The van der Waals surface area contributed by atoms with Gasteiger partial charge in [0.25, 0.3) is 5.91 Å². The van der Waals surface area contributed by atoms with E-state index in [1.807, 2.05) is 18.2 Å². The first kappa shape index (κ1) is 22.6. The van der Waals surface area contributed by atoms with Crippen molar-refractivity contribution in [3.8, 4) is 0 Å². The maximum atomic E-state index is 14.2. The van der Waals surface area contributed by atoms with Crippen LogP contribution in [0.2, 0.25) is 0 Å². The molecule has 0 spiro atoms. The number of thiazole rings is 2. The van der Waals surface area contributed by atoms with Crippen molar-refractivity contribution in [2.24, 2.45) is 0 Å². The molecule has 0 bridgehead atoms. The van der Waals surface area contributed by atoms with Gasteiger partial charge < -0.3 is 4.90 Å². The molecule has 4 aromatic rings. The van der Waals surface area contributed by atoms with E-state index < -0.39 is 0 Å². The average molecular weight is 465 g/mol. The van der Waals surface area contributed by atoms with Crippen LogP contribution in [-0.2, 0) is 0 Å². The lowest BCUT2D eigenvalue weighted by molar-refractivity contribution is 0.0984. The van der Waals surface area contributed by atoms with Gasteiger partial charge in [0.1, 0.15) is 11.3 Å². The molecule has 5 nitrogen and oxygen atoms in total. The van der Waals surface area contributed by atoms with Crippen molar-refractivity contribution < 1.29 is 9.18 Å². The summed E-state index contributed by atoms with van der Waals surface area (Å²) in [7, 11) is 0. The molecule has 0 atom stereocenters. The van der Waals surface area contributed by atoms with Crippen LogP contribution in [0.4, 0.5) is 9.52 Å². The van der Waals surface area contributed by atoms with Crippen LogP contribution in [0.5, 0.6) is 0 Å². The van der Waals surface area contributed by atoms with Crippen molar-refractivity contribution >= 4 is 66.6 Å². The fourth-order valence-electron chi connectivity index (χ4n) is 3.23. The predicted molar refractivity (Wildman–Crippen MR) is 126 cm³/mol. The number of anilines is 1. The van der Waals surface area contributed by atoms with Crippen LogP contribution in [0.15, 0.2) is 41.9 Å². The predicted octanol–water partition coefficient (Wildman–Crippen LogP) is 5.46. The lowest BCUT2D eigenvalue weighted by Crippen LogP contribution is -2.38. The molecule has 4 rings (SSSR count). The van der Waals surface area contributed by atoms with E-state index in [-0.39, 0.29) is 24.1 Å². The minimum absolute atomic E-state index is 0. The Bertz CT molecular complexity index is 1160. The van der Waals surface area contributed by atoms with Crippen LogP contribution in [0, 0.1) is 5.82 Å². The molecule has 158 valence electrons. The molecule has 1 amide bonds. The van der Waals surface area contributed by atoms with Gasteiger partial charge in [-0.15, -0.1) is 23.7 Å². The lowest BCUT2D eigenvalue weighted by atomic mass is 10.2. The van der Waals surface area contributed by atoms with E-state index in [9.17, 15) is 9.18 Å². The molecule has 0 fully saturated rings. The van der Waals surface area contributed by atoms with Crippen LogP contribution >= 0.6 is 35.1 Å². The smallest absolute Gasteiger partial charge is 0.260 e. The number of likely N-dealkylation sites (N-methyl/N-ethyl adjacent to an activating group) is 1. The number of carbonyl (C=O) groups excluding carboxylic acids is 1. The monoisotopic (exact) mass is 464 g/mol. The third kappa shape index (κ3) is 4.46. The zero-order valence-corrected chi connectivity index (χ0v) is 19.1. The van der Waals surface area contributed by atoms with Gasteiger partial charge in [-0.05, 0) is 43.4 Å². The van der Waals surface area contributed by atoms with E-state index in [0.717, 1.165) is 34.6 Å². The Morgan fingerprint density at radius 3 is 2.63 bits per heavy atom. The molecular weight excluding hydrogens is 443 g/mol. The number of carbonyl (C=O) groups is 1. The fraction of sp³-hybridized carbons (Fsp3) is 0.286. The maximum absolute atomic E-state index is 14.2. The maximum Gasteiger partial charge on any atom is 0.260 e. The first-order valence-corrected chi connectivity index (χ1v) is 11.2. The van der Waals surface area contributed by atoms with Gasteiger partial charge >= 0.3 is 0 Å². The topological polar surface area (TPSA) is 49.3 Å². The number of amides is 1. The highest BCUT2D eigenvalue weighted by Crippen LogP contribution is 2.31. The Hall–Kier alpha value is -2.13. The summed E-state index contributed by atoms with van der Waals surface area (Å²) in [5.41, 5.74) is 3.54. The van der Waals surface area contributed by atoms with Gasteiger partial charge in [-0.25, -0.2) is 14.4 Å². The van der Waals surface area contributed by atoms with Crippen molar-refractivity contribution in [3.05, 3.63) is 53.3 Å². The largest absolute Gasteiger partial charge is 0.302 e. The Morgan fingerprint density at radius 2 is 1.90 bits per heavy atom. The molecule has 0 radical (unpaired) electrons. The van der Waals surface area contributed by atoms with Crippen LogP contribution in [0.1, 0.15) is 24.2 Å². The molecule has 2 heterocycles. The van der Waals surface area contributed by atoms with E-state index in [1.54, 1.807) is 22.5 Å². The molecular formula is C21H22ClFN4OS2. The number of nitrogens with zero attached hydrogens (tertiary/aromatic N) is 4. The first-order chi connectivity index (χ1) is 14.1. The number of rotatable bonds is 7. The summed E-state index contributed by atoms with van der Waals surface area (Å²) < 4.78 is 15.9. The summed E-state index contributed by atoms with van der Waals surface area (Å²) in [5, 5.41) is 0.520. The zero-order chi connectivity index (χ0) is 20.4. The fourth-order valence-corrected chi connectivity index (χ4v) is 4.95. The molecule has 0 saturated heterocycles. The number of hydrogen-bond donors (Lipinski definition) is 0. The molecule has 0 N–H and O–H groups in total. The second-order valence-electron chi connectivity index (χ2n) is 6.60. The molecule has 0 aliphatic carbocycles. The Balaban J connectivity index is 0.00000256. The Morgan fingerprint density at radius 1 is 1.10 bits per heavy atom. The second kappa shape index (κ2) is 9.78. The highest BCUT2D eigenvalue weighted by atomic mass is 35.5. The van der Waals surface area contributed by atoms with E-state index in [0.29, 0.717) is 22.8 Å². The van der Waals surface area contributed by atoms with Gasteiger partial charge in [-0.1, -0.05) is 31.3 Å². The number of para-hydroxylation sites is 1. The van der Waals surface area contributed by atoms with Gasteiger partial charge in [0, 0.05) is 18.7 Å². The lowest BCUT2D eigenvalue weighted by Gasteiger charge is -2.24. The van der Waals surface area contributed by atoms with E-state index in [1.165, 1.54) is 28.7 Å². The highest BCUT2D eigenvalue weighted by molar-refractivity contribution is 7.22.